The average molecular weight is 373 g/mol. The molecule has 144 valence electrons. The minimum absolute atomic E-state index is 0.174. The second kappa shape index (κ2) is 7.17. The van der Waals surface area contributed by atoms with Crippen LogP contribution in [0.15, 0.2) is 24.3 Å². The Bertz CT molecular complexity index is 682. The third-order valence-corrected chi connectivity index (χ3v) is 3.91. The van der Waals surface area contributed by atoms with Crippen molar-refractivity contribution in [3.8, 4) is 5.75 Å². The average Bonchev–Trinajstić information content (AvgIpc) is 2.46. The molecule has 0 aliphatic heterocycles. The normalized spacial score (nSPS) is 21.2. The van der Waals surface area contributed by atoms with Crippen molar-refractivity contribution in [1.82, 2.24) is 5.32 Å². The zero-order valence-electron chi connectivity index (χ0n) is 14.9. The van der Waals surface area contributed by atoms with E-state index >= 15 is 0 Å². The zero-order chi connectivity index (χ0) is 19.6. The summed E-state index contributed by atoms with van der Waals surface area (Å²) < 4.78 is 46.9. The third-order valence-electron chi connectivity index (χ3n) is 3.91. The molecular weight excluding hydrogens is 351 g/mol. The SMILES string of the molecule is CC(C)(C)NC(=O)OC1(c2cccc(OC(F)(F)F)c2)CCCCC1=O. The van der Waals surface area contributed by atoms with Crippen molar-refractivity contribution >= 4 is 11.9 Å². The highest BCUT2D eigenvalue weighted by Crippen LogP contribution is 2.40. The summed E-state index contributed by atoms with van der Waals surface area (Å²) in [5.74, 6) is -0.801. The fourth-order valence-corrected chi connectivity index (χ4v) is 2.91. The predicted molar refractivity (Wildman–Crippen MR) is 87.6 cm³/mol. The Morgan fingerprint density at radius 3 is 2.46 bits per heavy atom. The van der Waals surface area contributed by atoms with Crippen molar-refractivity contribution in [2.24, 2.45) is 0 Å². The van der Waals surface area contributed by atoms with E-state index in [9.17, 15) is 22.8 Å². The lowest BCUT2D eigenvalue weighted by Crippen LogP contribution is -2.49. The van der Waals surface area contributed by atoms with Crippen LogP contribution in [-0.2, 0) is 15.1 Å². The molecule has 1 fully saturated rings. The number of alkyl carbamates (subject to hydrolysis) is 1. The first-order valence-corrected chi connectivity index (χ1v) is 8.32. The number of ether oxygens (including phenoxy) is 2. The summed E-state index contributed by atoms with van der Waals surface area (Å²) in [6, 6.07) is 5.04. The number of ketones is 1. The zero-order valence-corrected chi connectivity index (χ0v) is 14.9. The number of hydrogen-bond acceptors (Lipinski definition) is 4. The molecule has 0 saturated heterocycles. The molecule has 0 spiro atoms. The van der Waals surface area contributed by atoms with Crippen LogP contribution in [0.3, 0.4) is 0 Å². The van der Waals surface area contributed by atoms with Gasteiger partial charge in [0.05, 0.1) is 0 Å². The standard InChI is InChI=1S/C18H22F3NO4/c1-16(2,3)22-15(24)26-17(10-5-4-9-14(17)23)12-7-6-8-13(11-12)25-18(19,20)21/h6-8,11H,4-5,9-10H2,1-3H3,(H,22,24). The highest BCUT2D eigenvalue weighted by Gasteiger charge is 2.46. The summed E-state index contributed by atoms with van der Waals surface area (Å²) in [5, 5.41) is 2.61. The molecule has 0 radical (unpaired) electrons. The largest absolute Gasteiger partial charge is 0.573 e. The van der Waals surface area contributed by atoms with Crippen LogP contribution >= 0.6 is 0 Å². The number of carbonyl (C=O) groups excluding carboxylic acids is 2. The smallest absolute Gasteiger partial charge is 0.430 e. The Morgan fingerprint density at radius 2 is 1.88 bits per heavy atom. The van der Waals surface area contributed by atoms with Gasteiger partial charge in [-0.2, -0.15) is 0 Å². The summed E-state index contributed by atoms with van der Waals surface area (Å²) in [5.41, 5.74) is -2.02. The van der Waals surface area contributed by atoms with Gasteiger partial charge in [0.15, 0.2) is 11.4 Å². The first-order chi connectivity index (χ1) is 11.9. The number of rotatable bonds is 3. The van der Waals surface area contributed by atoms with Gasteiger partial charge in [-0.05, 0) is 52.2 Å². The lowest BCUT2D eigenvalue weighted by atomic mass is 9.78. The third kappa shape index (κ3) is 5.12. The lowest BCUT2D eigenvalue weighted by Gasteiger charge is -2.36. The van der Waals surface area contributed by atoms with Gasteiger partial charge in [0, 0.05) is 17.5 Å². The van der Waals surface area contributed by atoms with E-state index in [2.05, 4.69) is 10.1 Å². The molecule has 1 unspecified atom stereocenters. The van der Waals surface area contributed by atoms with Gasteiger partial charge in [0.25, 0.3) is 0 Å². The molecule has 1 aliphatic carbocycles. The number of nitrogens with one attached hydrogen (secondary N) is 1. The molecule has 1 aliphatic rings. The Balaban J connectivity index is 2.38. The first-order valence-electron chi connectivity index (χ1n) is 8.32. The van der Waals surface area contributed by atoms with E-state index in [1.165, 1.54) is 12.1 Å². The van der Waals surface area contributed by atoms with Crippen LogP contribution in [0, 0.1) is 0 Å². The van der Waals surface area contributed by atoms with Crippen molar-refractivity contribution in [3.05, 3.63) is 29.8 Å². The van der Waals surface area contributed by atoms with Crippen molar-refractivity contribution in [2.45, 2.75) is 64.0 Å². The Morgan fingerprint density at radius 1 is 1.19 bits per heavy atom. The molecule has 8 heteroatoms. The molecule has 0 bridgehead atoms. The van der Waals surface area contributed by atoms with Gasteiger partial charge in [0.1, 0.15) is 5.75 Å². The van der Waals surface area contributed by atoms with Gasteiger partial charge in [-0.3, -0.25) is 4.79 Å². The van der Waals surface area contributed by atoms with E-state index in [1.807, 2.05) is 0 Å². The van der Waals surface area contributed by atoms with Crippen LogP contribution < -0.4 is 10.1 Å². The van der Waals surface area contributed by atoms with Gasteiger partial charge in [-0.1, -0.05) is 12.1 Å². The fraction of sp³-hybridized carbons (Fsp3) is 0.556. The highest BCUT2D eigenvalue weighted by atomic mass is 19.4. The topological polar surface area (TPSA) is 64.6 Å². The number of Topliss-reactive ketones (excluding diaryl/α,β-unsaturated/α-hetero) is 1. The highest BCUT2D eigenvalue weighted by molar-refractivity contribution is 5.91. The molecule has 2 rings (SSSR count). The summed E-state index contributed by atoms with van der Waals surface area (Å²) in [6.45, 7) is 5.25. The van der Waals surface area contributed by atoms with Crippen molar-refractivity contribution in [3.63, 3.8) is 0 Å². The van der Waals surface area contributed by atoms with Crippen molar-refractivity contribution < 1.29 is 32.2 Å². The number of carbonyl (C=O) groups is 2. The number of halogens is 3. The van der Waals surface area contributed by atoms with Crippen molar-refractivity contribution in [1.29, 1.82) is 0 Å². The summed E-state index contributed by atoms with van der Waals surface area (Å²) >= 11 is 0. The molecule has 1 amide bonds. The van der Waals surface area contributed by atoms with Crippen LogP contribution in [0.1, 0.15) is 52.0 Å². The number of amides is 1. The van der Waals surface area contributed by atoms with E-state index in [4.69, 9.17) is 4.74 Å². The van der Waals surface area contributed by atoms with E-state index in [0.29, 0.717) is 12.8 Å². The quantitative estimate of drug-likeness (QED) is 0.850. The van der Waals surface area contributed by atoms with Gasteiger partial charge < -0.3 is 14.8 Å². The molecule has 1 N–H and O–H groups in total. The second-order valence-corrected chi connectivity index (χ2v) is 7.30. The van der Waals surface area contributed by atoms with Gasteiger partial charge in [-0.15, -0.1) is 13.2 Å². The van der Waals surface area contributed by atoms with E-state index in [1.54, 1.807) is 20.8 Å². The number of alkyl halides is 3. The van der Waals surface area contributed by atoms with Gasteiger partial charge in [0.2, 0.25) is 0 Å². The summed E-state index contributed by atoms with van der Waals surface area (Å²) in [6.07, 6.45) is -4.00. The Kier molecular flexibility index (Phi) is 5.53. The van der Waals surface area contributed by atoms with Crippen LogP contribution in [0.5, 0.6) is 5.75 Å². The second-order valence-electron chi connectivity index (χ2n) is 7.30. The summed E-state index contributed by atoms with van der Waals surface area (Å²) in [4.78, 5) is 24.9. The van der Waals surface area contributed by atoms with E-state index in [0.717, 1.165) is 12.1 Å². The van der Waals surface area contributed by atoms with E-state index in [-0.39, 0.29) is 24.2 Å². The maximum atomic E-state index is 12.6. The molecule has 26 heavy (non-hydrogen) atoms. The summed E-state index contributed by atoms with van der Waals surface area (Å²) in [7, 11) is 0. The maximum absolute atomic E-state index is 12.6. The van der Waals surface area contributed by atoms with Gasteiger partial charge >= 0.3 is 12.5 Å². The number of hydrogen-bond donors (Lipinski definition) is 1. The predicted octanol–water partition coefficient (Wildman–Crippen LogP) is 4.45. The monoisotopic (exact) mass is 373 g/mol. The molecule has 1 atom stereocenters. The lowest BCUT2D eigenvalue weighted by molar-refractivity contribution is -0.274. The van der Waals surface area contributed by atoms with Gasteiger partial charge in [-0.25, -0.2) is 4.79 Å². The molecule has 1 aromatic carbocycles. The van der Waals surface area contributed by atoms with E-state index < -0.39 is 29.3 Å². The minimum atomic E-state index is -4.85. The number of benzene rings is 1. The molecule has 0 heterocycles. The molecule has 0 aromatic heterocycles. The fourth-order valence-electron chi connectivity index (χ4n) is 2.91. The van der Waals surface area contributed by atoms with Crippen LogP contribution in [0.25, 0.3) is 0 Å². The Hall–Kier alpha value is -2.25. The van der Waals surface area contributed by atoms with Crippen molar-refractivity contribution in [2.75, 3.05) is 0 Å². The molecular formula is C18H22F3NO4. The van der Waals surface area contributed by atoms with Crippen LogP contribution in [0.4, 0.5) is 18.0 Å². The maximum Gasteiger partial charge on any atom is 0.573 e. The molecule has 1 saturated carbocycles. The molecule has 1 aromatic rings. The van der Waals surface area contributed by atoms with Crippen LogP contribution in [-0.4, -0.2) is 23.8 Å². The Labute approximate surface area is 149 Å². The molecule has 5 nitrogen and oxygen atoms in total. The first kappa shape index (κ1) is 20.1. The minimum Gasteiger partial charge on any atom is -0.430 e. The van der Waals surface area contributed by atoms with Crippen LogP contribution in [0.2, 0.25) is 0 Å².